The number of benzene rings is 1. The number of piperidine rings is 2. The van der Waals surface area contributed by atoms with E-state index in [0.717, 1.165) is 29.5 Å². The Morgan fingerprint density at radius 2 is 1.76 bits per heavy atom. The van der Waals surface area contributed by atoms with Crippen molar-refractivity contribution >= 4 is 33.2 Å². The predicted octanol–water partition coefficient (Wildman–Crippen LogP) is 4.69. The normalized spacial score (nSPS) is 21.7. The molecule has 0 saturated carbocycles. The highest BCUT2D eigenvalue weighted by atomic mass is 79.9. The topological polar surface area (TPSA) is 6.48 Å². The Morgan fingerprint density at radius 3 is 2.43 bits per heavy atom. The second kappa shape index (κ2) is 7.34. The first-order chi connectivity index (χ1) is 10.3. The fraction of sp³-hybridized carbons (Fsp3) is 0.647. The molecular formula is C17H24BrClN2. The summed E-state index contributed by atoms with van der Waals surface area (Å²) in [6.07, 6.45) is 6.78. The lowest BCUT2D eigenvalue weighted by Gasteiger charge is -2.41. The summed E-state index contributed by atoms with van der Waals surface area (Å²) in [7, 11) is 0. The van der Waals surface area contributed by atoms with Crippen LogP contribution < -0.4 is 4.90 Å². The van der Waals surface area contributed by atoms with Gasteiger partial charge in [-0.3, -0.25) is 0 Å². The first-order valence-electron chi connectivity index (χ1n) is 8.12. The van der Waals surface area contributed by atoms with Gasteiger partial charge in [-0.1, -0.05) is 40.0 Å². The number of rotatable bonds is 3. The lowest BCUT2D eigenvalue weighted by atomic mass is 9.99. The third-order valence-corrected chi connectivity index (χ3v) is 5.85. The van der Waals surface area contributed by atoms with Gasteiger partial charge in [-0.2, -0.15) is 0 Å². The summed E-state index contributed by atoms with van der Waals surface area (Å²) in [5, 5.41) is 1.70. The average Bonchev–Trinajstić information content (AvgIpc) is 2.55. The van der Waals surface area contributed by atoms with Crippen LogP contribution in [0, 0.1) is 0 Å². The second-order valence-electron chi connectivity index (χ2n) is 6.19. The van der Waals surface area contributed by atoms with Crippen molar-refractivity contribution in [2.45, 2.75) is 43.5 Å². The van der Waals surface area contributed by atoms with E-state index in [0.29, 0.717) is 0 Å². The van der Waals surface area contributed by atoms with Crippen molar-refractivity contribution < 1.29 is 0 Å². The molecule has 0 unspecified atom stereocenters. The Kier molecular flexibility index (Phi) is 5.47. The number of alkyl halides is 1. The maximum atomic E-state index is 6.33. The monoisotopic (exact) mass is 370 g/mol. The van der Waals surface area contributed by atoms with Gasteiger partial charge in [0.1, 0.15) is 0 Å². The minimum atomic E-state index is 0.799. The maximum absolute atomic E-state index is 6.33. The molecule has 0 spiro atoms. The third-order valence-electron chi connectivity index (χ3n) is 4.94. The van der Waals surface area contributed by atoms with Crippen LogP contribution in [0.2, 0.25) is 5.02 Å². The van der Waals surface area contributed by atoms with Crippen LogP contribution in [0.15, 0.2) is 18.2 Å². The Hall–Kier alpha value is -0.250. The smallest absolute Gasteiger partial charge is 0.0467 e. The molecule has 21 heavy (non-hydrogen) atoms. The zero-order valence-corrected chi connectivity index (χ0v) is 14.9. The maximum Gasteiger partial charge on any atom is 0.0467 e. The molecule has 0 N–H and O–H groups in total. The van der Waals surface area contributed by atoms with Gasteiger partial charge in [0.05, 0.1) is 0 Å². The van der Waals surface area contributed by atoms with Gasteiger partial charge in [-0.25, -0.2) is 0 Å². The van der Waals surface area contributed by atoms with Crippen LogP contribution in [-0.4, -0.2) is 37.1 Å². The van der Waals surface area contributed by atoms with E-state index in [4.69, 9.17) is 11.6 Å². The molecule has 0 atom stereocenters. The van der Waals surface area contributed by atoms with Crippen LogP contribution in [0.25, 0.3) is 0 Å². The molecule has 2 aliphatic rings. The first-order valence-corrected chi connectivity index (χ1v) is 9.62. The largest absolute Gasteiger partial charge is 0.371 e. The van der Waals surface area contributed by atoms with Crippen molar-refractivity contribution in [3.05, 3.63) is 28.8 Å². The molecule has 2 nitrogen and oxygen atoms in total. The average molecular weight is 372 g/mol. The van der Waals surface area contributed by atoms with Gasteiger partial charge >= 0.3 is 0 Å². The van der Waals surface area contributed by atoms with Gasteiger partial charge in [-0.05, 0) is 50.9 Å². The molecule has 3 rings (SSSR count). The number of halogens is 2. The van der Waals surface area contributed by atoms with E-state index in [-0.39, 0.29) is 0 Å². The fourth-order valence-corrected chi connectivity index (χ4v) is 4.72. The molecule has 4 heteroatoms. The molecule has 2 fully saturated rings. The Bertz CT molecular complexity index is 466. The SMILES string of the molecule is Clc1cccc(N2CCC(N3CCCCC3)CC2)c1CBr. The van der Waals surface area contributed by atoms with E-state index < -0.39 is 0 Å². The summed E-state index contributed by atoms with van der Waals surface area (Å²) in [5.41, 5.74) is 2.55. The van der Waals surface area contributed by atoms with E-state index in [1.807, 2.05) is 6.07 Å². The Labute approximate surface area is 141 Å². The molecule has 0 bridgehead atoms. The van der Waals surface area contributed by atoms with E-state index >= 15 is 0 Å². The number of anilines is 1. The molecule has 1 aromatic carbocycles. The van der Waals surface area contributed by atoms with Crippen LogP contribution in [0.5, 0.6) is 0 Å². The molecule has 2 saturated heterocycles. The second-order valence-corrected chi connectivity index (χ2v) is 7.15. The van der Waals surface area contributed by atoms with E-state index in [2.05, 4.69) is 37.9 Å². The van der Waals surface area contributed by atoms with Gasteiger partial charge in [-0.15, -0.1) is 0 Å². The molecule has 116 valence electrons. The Balaban J connectivity index is 1.64. The quantitative estimate of drug-likeness (QED) is 0.711. The summed E-state index contributed by atoms with van der Waals surface area (Å²) < 4.78 is 0. The molecule has 1 aromatic rings. The summed E-state index contributed by atoms with van der Waals surface area (Å²) in [6, 6.07) is 7.07. The lowest BCUT2D eigenvalue weighted by molar-refractivity contribution is 0.141. The molecular weight excluding hydrogens is 348 g/mol. The van der Waals surface area contributed by atoms with Gasteiger partial charge in [0.25, 0.3) is 0 Å². The highest BCUT2D eigenvalue weighted by molar-refractivity contribution is 9.08. The minimum absolute atomic E-state index is 0.799. The zero-order valence-electron chi connectivity index (χ0n) is 12.5. The van der Waals surface area contributed by atoms with Gasteiger partial charge in [0.15, 0.2) is 0 Å². The third kappa shape index (κ3) is 3.57. The fourth-order valence-electron chi connectivity index (χ4n) is 3.73. The molecule has 0 aliphatic carbocycles. The van der Waals surface area contributed by atoms with Crippen molar-refractivity contribution in [1.29, 1.82) is 0 Å². The number of likely N-dealkylation sites (tertiary alicyclic amines) is 1. The zero-order chi connectivity index (χ0) is 14.7. The summed E-state index contributed by atoms with van der Waals surface area (Å²) >= 11 is 9.92. The van der Waals surface area contributed by atoms with E-state index in [1.165, 1.54) is 56.4 Å². The van der Waals surface area contributed by atoms with Crippen molar-refractivity contribution in [2.24, 2.45) is 0 Å². The van der Waals surface area contributed by atoms with E-state index in [1.54, 1.807) is 0 Å². The number of hydrogen-bond donors (Lipinski definition) is 0. The van der Waals surface area contributed by atoms with Gasteiger partial charge in [0, 0.05) is 40.7 Å². The standard InChI is InChI=1S/C17H24BrClN2/c18-13-15-16(19)5-4-6-17(15)21-11-7-14(8-12-21)20-9-2-1-3-10-20/h4-6,14H,1-3,7-13H2. The van der Waals surface area contributed by atoms with Crippen molar-refractivity contribution in [3.8, 4) is 0 Å². The lowest BCUT2D eigenvalue weighted by Crippen LogP contribution is -2.46. The van der Waals surface area contributed by atoms with Crippen molar-refractivity contribution in [2.75, 3.05) is 31.1 Å². The van der Waals surface area contributed by atoms with E-state index in [9.17, 15) is 0 Å². The summed E-state index contributed by atoms with van der Waals surface area (Å²) in [4.78, 5) is 5.24. The first kappa shape index (κ1) is 15.6. The number of hydrogen-bond acceptors (Lipinski definition) is 2. The predicted molar refractivity (Wildman–Crippen MR) is 94.7 cm³/mol. The van der Waals surface area contributed by atoms with Crippen molar-refractivity contribution in [1.82, 2.24) is 4.90 Å². The molecule has 2 heterocycles. The number of nitrogens with zero attached hydrogens (tertiary/aromatic N) is 2. The van der Waals surface area contributed by atoms with Gasteiger partial charge < -0.3 is 9.80 Å². The van der Waals surface area contributed by atoms with Crippen LogP contribution in [-0.2, 0) is 5.33 Å². The van der Waals surface area contributed by atoms with Crippen LogP contribution in [0.3, 0.4) is 0 Å². The molecule has 0 amide bonds. The summed E-state index contributed by atoms with van der Waals surface area (Å²) in [5.74, 6) is 0. The van der Waals surface area contributed by atoms with Crippen molar-refractivity contribution in [3.63, 3.8) is 0 Å². The minimum Gasteiger partial charge on any atom is -0.371 e. The van der Waals surface area contributed by atoms with Crippen LogP contribution in [0.4, 0.5) is 5.69 Å². The van der Waals surface area contributed by atoms with Crippen LogP contribution >= 0.6 is 27.5 Å². The Morgan fingerprint density at radius 1 is 1.05 bits per heavy atom. The molecule has 2 aliphatic heterocycles. The highest BCUT2D eigenvalue weighted by Crippen LogP contribution is 2.32. The molecule has 0 aromatic heterocycles. The highest BCUT2D eigenvalue weighted by Gasteiger charge is 2.26. The summed E-state index contributed by atoms with van der Waals surface area (Å²) in [6.45, 7) is 4.94. The molecule has 0 radical (unpaired) electrons. The van der Waals surface area contributed by atoms with Gasteiger partial charge in [0.2, 0.25) is 0 Å². The van der Waals surface area contributed by atoms with Crippen LogP contribution in [0.1, 0.15) is 37.7 Å².